The molecule has 0 aliphatic carbocycles. The largest absolute Gasteiger partial charge is 0.376 e. The number of nitrogens with zero attached hydrogens (tertiary/aromatic N) is 3. The van der Waals surface area contributed by atoms with Crippen LogP contribution in [0.4, 0.5) is 0 Å². The van der Waals surface area contributed by atoms with Crippen molar-refractivity contribution in [2.75, 3.05) is 12.9 Å². The summed E-state index contributed by atoms with van der Waals surface area (Å²) in [5.74, 6) is 0.914. The van der Waals surface area contributed by atoms with Gasteiger partial charge in [0.15, 0.2) is 11.0 Å². The zero-order valence-corrected chi connectivity index (χ0v) is 13.3. The van der Waals surface area contributed by atoms with E-state index in [0.29, 0.717) is 0 Å². The van der Waals surface area contributed by atoms with Gasteiger partial charge in [-0.2, -0.15) is 0 Å². The number of nitrogens with one attached hydrogen (secondary N) is 1. The Morgan fingerprint density at radius 2 is 2.27 bits per heavy atom. The summed E-state index contributed by atoms with van der Waals surface area (Å²) in [6, 6.07) is 8.28. The summed E-state index contributed by atoms with van der Waals surface area (Å²) in [6.07, 6.45) is 6.58. The van der Waals surface area contributed by atoms with Crippen molar-refractivity contribution in [2.24, 2.45) is 0 Å². The van der Waals surface area contributed by atoms with Gasteiger partial charge in [-0.25, -0.2) is 0 Å². The first-order valence-electron chi connectivity index (χ1n) is 7.52. The van der Waals surface area contributed by atoms with Crippen LogP contribution in [0.15, 0.2) is 35.6 Å². The minimum Gasteiger partial charge on any atom is -0.376 e. The molecule has 1 fully saturated rings. The van der Waals surface area contributed by atoms with E-state index in [1.807, 2.05) is 18.5 Å². The van der Waals surface area contributed by atoms with Crippen LogP contribution >= 0.6 is 11.8 Å². The minimum absolute atomic E-state index is 0.269. The van der Waals surface area contributed by atoms with Crippen molar-refractivity contribution in [3.8, 4) is 11.4 Å². The fourth-order valence-corrected chi connectivity index (χ4v) is 3.56. The Hall–Kier alpha value is -1.79. The molecule has 1 aliphatic rings. The van der Waals surface area contributed by atoms with Gasteiger partial charge in [-0.05, 0) is 25.2 Å². The third-order valence-corrected chi connectivity index (χ3v) is 4.81. The molecule has 4 rings (SSSR count). The topological polar surface area (TPSA) is 55.7 Å². The Labute approximate surface area is 133 Å². The molecule has 0 radical (unpaired) electrons. The number of fused-ring (bicyclic) bond motifs is 1. The van der Waals surface area contributed by atoms with Gasteiger partial charge in [0.25, 0.3) is 0 Å². The third-order valence-electron chi connectivity index (χ3n) is 4.14. The number of aromatic nitrogens is 4. The van der Waals surface area contributed by atoms with Gasteiger partial charge >= 0.3 is 0 Å². The van der Waals surface area contributed by atoms with Crippen LogP contribution in [0, 0.1) is 0 Å². The predicted molar refractivity (Wildman–Crippen MR) is 88.1 cm³/mol. The molecule has 0 amide bonds. The van der Waals surface area contributed by atoms with E-state index in [-0.39, 0.29) is 6.10 Å². The lowest BCUT2D eigenvalue weighted by Gasteiger charge is -2.13. The molecule has 6 heteroatoms. The van der Waals surface area contributed by atoms with Crippen molar-refractivity contribution in [3.63, 3.8) is 0 Å². The van der Waals surface area contributed by atoms with E-state index < -0.39 is 0 Å². The van der Waals surface area contributed by atoms with E-state index in [2.05, 4.69) is 37.9 Å². The average molecular weight is 314 g/mol. The van der Waals surface area contributed by atoms with Gasteiger partial charge in [-0.15, -0.1) is 10.2 Å². The highest BCUT2D eigenvalue weighted by molar-refractivity contribution is 7.98. The van der Waals surface area contributed by atoms with Crippen LogP contribution in [0.1, 0.15) is 12.8 Å². The van der Waals surface area contributed by atoms with E-state index in [4.69, 9.17) is 4.74 Å². The highest BCUT2D eigenvalue weighted by Gasteiger charge is 2.22. The highest BCUT2D eigenvalue weighted by Crippen LogP contribution is 2.30. The molecule has 0 spiro atoms. The van der Waals surface area contributed by atoms with Gasteiger partial charge in [0.1, 0.15) is 0 Å². The van der Waals surface area contributed by atoms with Crippen molar-refractivity contribution < 1.29 is 4.74 Å². The van der Waals surface area contributed by atoms with Gasteiger partial charge in [-0.1, -0.05) is 30.0 Å². The summed E-state index contributed by atoms with van der Waals surface area (Å²) in [7, 11) is 0. The van der Waals surface area contributed by atoms with Crippen molar-refractivity contribution in [3.05, 3.63) is 30.5 Å². The van der Waals surface area contributed by atoms with Crippen LogP contribution in [-0.2, 0) is 11.3 Å². The molecule has 3 heterocycles. The fourth-order valence-electron chi connectivity index (χ4n) is 3.05. The molecule has 1 aliphatic heterocycles. The van der Waals surface area contributed by atoms with Crippen LogP contribution in [0.5, 0.6) is 0 Å². The van der Waals surface area contributed by atoms with Crippen LogP contribution < -0.4 is 0 Å². The second-order valence-corrected chi connectivity index (χ2v) is 6.28. The Bertz CT molecular complexity index is 788. The minimum atomic E-state index is 0.269. The van der Waals surface area contributed by atoms with Gasteiger partial charge in [0.2, 0.25) is 0 Å². The maximum atomic E-state index is 5.79. The summed E-state index contributed by atoms with van der Waals surface area (Å²) in [4.78, 5) is 3.32. The molecule has 5 nitrogen and oxygen atoms in total. The molecule has 1 unspecified atom stereocenters. The van der Waals surface area contributed by atoms with Crippen molar-refractivity contribution in [1.82, 2.24) is 19.7 Å². The number of hydrogen-bond acceptors (Lipinski definition) is 4. The SMILES string of the molecule is CSc1nnc(-c2c[nH]c3ccccc23)n1CC1CCCO1. The number of ether oxygens (including phenoxy) is 1. The molecule has 1 atom stereocenters. The van der Waals surface area contributed by atoms with Gasteiger partial charge in [0, 0.05) is 29.3 Å². The van der Waals surface area contributed by atoms with E-state index in [1.54, 1.807) is 11.8 Å². The quantitative estimate of drug-likeness (QED) is 0.751. The summed E-state index contributed by atoms with van der Waals surface area (Å²) in [5.41, 5.74) is 2.22. The van der Waals surface area contributed by atoms with Crippen LogP contribution in [0.2, 0.25) is 0 Å². The van der Waals surface area contributed by atoms with E-state index in [0.717, 1.165) is 48.1 Å². The molecular formula is C16H18N4OS. The number of rotatable bonds is 4. The molecule has 22 heavy (non-hydrogen) atoms. The third kappa shape index (κ3) is 2.32. The van der Waals surface area contributed by atoms with E-state index in [1.165, 1.54) is 5.39 Å². The zero-order chi connectivity index (χ0) is 14.9. The maximum absolute atomic E-state index is 5.79. The molecule has 1 saturated heterocycles. The first-order valence-corrected chi connectivity index (χ1v) is 8.74. The second-order valence-electron chi connectivity index (χ2n) is 5.50. The summed E-state index contributed by atoms with van der Waals surface area (Å²) in [6.45, 7) is 1.68. The standard InChI is InChI=1S/C16H18N4OS/c1-22-16-19-18-15(20(16)10-11-5-4-8-21-11)13-9-17-14-7-3-2-6-12(13)14/h2-3,6-7,9,11,17H,4-5,8,10H2,1H3. The zero-order valence-electron chi connectivity index (χ0n) is 12.5. The van der Waals surface area contributed by atoms with E-state index in [9.17, 15) is 0 Å². The number of hydrogen-bond donors (Lipinski definition) is 1. The molecule has 0 bridgehead atoms. The van der Waals surface area contributed by atoms with Crippen LogP contribution in [0.3, 0.4) is 0 Å². The molecule has 1 N–H and O–H groups in total. The Morgan fingerprint density at radius 3 is 3.09 bits per heavy atom. The number of benzene rings is 1. The molecule has 1 aromatic carbocycles. The lowest BCUT2D eigenvalue weighted by molar-refractivity contribution is 0.0953. The molecular weight excluding hydrogens is 296 g/mol. The first-order chi connectivity index (χ1) is 10.9. The monoisotopic (exact) mass is 314 g/mol. The molecule has 0 saturated carbocycles. The smallest absolute Gasteiger partial charge is 0.191 e. The lowest BCUT2D eigenvalue weighted by Crippen LogP contribution is -2.16. The van der Waals surface area contributed by atoms with Crippen LogP contribution in [-0.4, -0.2) is 38.7 Å². The lowest BCUT2D eigenvalue weighted by atomic mass is 10.1. The predicted octanol–water partition coefficient (Wildman–Crippen LogP) is 3.33. The number of aromatic amines is 1. The molecule has 3 aromatic rings. The van der Waals surface area contributed by atoms with Crippen molar-refractivity contribution in [2.45, 2.75) is 30.6 Å². The summed E-state index contributed by atoms with van der Waals surface area (Å²) >= 11 is 1.63. The molecule has 2 aromatic heterocycles. The normalized spacial score (nSPS) is 18.3. The molecule has 114 valence electrons. The maximum Gasteiger partial charge on any atom is 0.191 e. The van der Waals surface area contributed by atoms with Crippen LogP contribution in [0.25, 0.3) is 22.3 Å². The summed E-state index contributed by atoms with van der Waals surface area (Å²) in [5, 5.41) is 10.9. The Morgan fingerprint density at radius 1 is 1.36 bits per heavy atom. The van der Waals surface area contributed by atoms with Crippen molar-refractivity contribution >= 4 is 22.7 Å². The average Bonchev–Trinajstić information content (AvgIpc) is 3.26. The second kappa shape index (κ2) is 5.78. The van der Waals surface area contributed by atoms with Gasteiger partial charge in [-0.3, -0.25) is 4.57 Å². The number of para-hydroxylation sites is 1. The fraction of sp³-hybridized carbons (Fsp3) is 0.375. The van der Waals surface area contributed by atoms with Gasteiger partial charge in [0.05, 0.1) is 12.6 Å². The first kappa shape index (κ1) is 13.8. The van der Waals surface area contributed by atoms with E-state index >= 15 is 0 Å². The summed E-state index contributed by atoms with van der Waals surface area (Å²) < 4.78 is 7.98. The number of H-pyrrole nitrogens is 1. The van der Waals surface area contributed by atoms with Crippen molar-refractivity contribution in [1.29, 1.82) is 0 Å². The Kier molecular flexibility index (Phi) is 3.63. The number of thioether (sulfide) groups is 1. The highest BCUT2D eigenvalue weighted by atomic mass is 32.2. The Balaban J connectivity index is 1.79. The van der Waals surface area contributed by atoms with Gasteiger partial charge < -0.3 is 9.72 Å².